The van der Waals surface area contributed by atoms with Crippen molar-refractivity contribution in [1.29, 1.82) is 0 Å². The van der Waals surface area contributed by atoms with E-state index >= 15 is 0 Å². The van der Waals surface area contributed by atoms with Crippen molar-refractivity contribution >= 4 is 52.0 Å². The standard InChI is InChI=1S/C24H19N5OS2/c1-15-18(14-19-22(30)28(2)24(31)26-19)23(29(27-15)17-10-4-3-5-11-17)32-20-12-6-8-16-9-7-13-25-21(16)20/h3-14H,1-2H3,(H,26,31)/b19-14+. The number of benzene rings is 2. The molecule has 3 heterocycles. The van der Waals surface area contributed by atoms with Crippen molar-refractivity contribution in [1.82, 2.24) is 25.0 Å². The molecule has 8 heteroatoms. The number of likely N-dealkylation sites (N-methyl/N-ethyl adjacent to an activating group) is 1. The van der Waals surface area contributed by atoms with E-state index < -0.39 is 0 Å². The Bertz CT molecular complexity index is 1390. The number of pyridine rings is 1. The summed E-state index contributed by atoms with van der Waals surface area (Å²) in [6, 6.07) is 20.1. The SMILES string of the molecule is Cc1nn(-c2ccccc2)c(Sc2cccc3cccnc23)c1/C=C1/NC(=S)N(C)C1=O. The van der Waals surface area contributed by atoms with E-state index in [0.29, 0.717) is 10.8 Å². The van der Waals surface area contributed by atoms with Gasteiger partial charge in [-0.05, 0) is 49.5 Å². The third-order valence-corrected chi connectivity index (χ3v) is 6.75. The zero-order valence-corrected chi connectivity index (χ0v) is 19.1. The van der Waals surface area contributed by atoms with Crippen LogP contribution in [0.1, 0.15) is 11.3 Å². The van der Waals surface area contributed by atoms with E-state index in [2.05, 4.69) is 16.4 Å². The maximum Gasteiger partial charge on any atom is 0.276 e. The van der Waals surface area contributed by atoms with Crippen LogP contribution in [0, 0.1) is 6.92 Å². The molecule has 1 N–H and O–H groups in total. The second kappa shape index (κ2) is 8.22. The largest absolute Gasteiger partial charge is 0.328 e. The van der Waals surface area contributed by atoms with Crippen molar-refractivity contribution in [2.75, 3.05) is 7.05 Å². The van der Waals surface area contributed by atoms with Crippen LogP contribution in [0.5, 0.6) is 0 Å². The summed E-state index contributed by atoms with van der Waals surface area (Å²) in [6.07, 6.45) is 3.63. The molecule has 0 saturated carbocycles. The van der Waals surface area contributed by atoms with Gasteiger partial charge in [0, 0.05) is 29.1 Å². The van der Waals surface area contributed by atoms with Gasteiger partial charge in [0.25, 0.3) is 5.91 Å². The number of hydrogen-bond donors (Lipinski definition) is 1. The van der Waals surface area contributed by atoms with E-state index in [1.165, 1.54) is 4.90 Å². The zero-order chi connectivity index (χ0) is 22.2. The second-order valence-corrected chi connectivity index (χ2v) is 8.75. The molecule has 0 spiro atoms. The van der Waals surface area contributed by atoms with Gasteiger partial charge in [0.1, 0.15) is 10.7 Å². The van der Waals surface area contributed by atoms with Gasteiger partial charge in [-0.15, -0.1) is 0 Å². The molecule has 2 aromatic carbocycles. The molecule has 158 valence electrons. The van der Waals surface area contributed by atoms with Gasteiger partial charge < -0.3 is 5.32 Å². The van der Waals surface area contributed by atoms with Crippen LogP contribution >= 0.6 is 24.0 Å². The van der Waals surface area contributed by atoms with E-state index in [0.717, 1.165) is 37.8 Å². The van der Waals surface area contributed by atoms with Gasteiger partial charge in [0.2, 0.25) is 0 Å². The Morgan fingerprint density at radius 3 is 2.59 bits per heavy atom. The van der Waals surface area contributed by atoms with Gasteiger partial charge in [-0.1, -0.05) is 48.2 Å². The maximum absolute atomic E-state index is 12.6. The lowest BCUT2D eigenvalue weighted by atomic mass is 10.2. The summed E-state index contributed by atoms with van der Waals surface area (Å²) < 4.78 is 1.91. The van der Waals surface area contributed by atoms with Gasteiger partial charge in [-0.3, -0.25) is 14.7 Å². The Morgan fingerprint density at radius 1 is 1.06 bits per heavy atom. The van der Waals surface area contributed by atoms with E-state index in [1.807, 2.05) is 72.3 Å². The van der Waals surface area contributed by atoms with Crippen molar-refractivity contribution < 1.29 is 4.79 Å². The molecule has 4 aromatic rings. The van der Waals surface area contributed by atoms with Crippen LogP contribution in [0.2, 0.25) is 0 Å². The molecular weight excluding hydrogens is 438 g/mol. The van der Waals surface area contributed by atoms with E-state index in [-0.39, 0.29) is 5.91 Å². The first kappa shape index (κ1) is 20.4. The Morgan fingerprint density at radius 2 is 1.84 bits per heavy atom. The summed E-state index contributed by atoms with van der Waals surface area (Å²) in [5, 5.41) is 10.2. The molecule has 1 aliphatic rings. The minimum absolute atomic E-state index is 0.162. The average Bonchev–Trinajstić information content (AvgIpc) is 3.25. The molecule has 1 aliphatic heterocycles. The third-order valence-electron chi connectivity index (χ3n) is 5.24. The number of nitrogens with zero attached hydrogens (tertiary/aromatic N) is 4. The van der Waals surface area contributed by atoms with Gasteiger partial charge >= 0.3 is 0 Å². The maximum atomic E-state index is 12.6. The number of amides is 1. The second-order valence-electron chi connectivity index (χ2n) is 7.34. The first-order chi connectivity index (χ1) is 15.5. The van der Waals surface area contributed by atoms with Gasteiger partial charge in [0.05, 0.1) is 16.9 Å². The lowest BCUT2D eigenvalue weighted by Crippen LogP contribution is -2.25. The molecule has 5 rings (SSSR count). The Kier molecular flexibility index (Phi) is 5.24. The lowest BCUT2D eigenvalue weighted by Gasteiger charge is -2.10. The lowest BCUT2D eigenvalue weighted by molar-refractivity contribution is -0.121. The molecule has 1 saturated heterocycles. The Balaban J connectivity index is 1.69. The first-order valence-electron chi connectivity index (χ1n) is 10.0. The number of nitrogens with one attached hydrogen (secondary N) is 1. The van der Waals surface area contributed by atoms with Crippen LogP contribution in [0.3, 0.4) is 0 Å². The summed E-state index contributed by atoms with van der Waals surface area (Å²) in [5.74, 6) is -0.162. The molecule has 0 radical (unpaired) electrons. The molecule has 1 amide bonds. The highest BCUT2D eigenvalue weighted by Crippen LogP contribution is 2.38. The van der Waals surface area contributed by atoms with Crippen LogP contribution in [-0.4, -0.2) is 37.7 Å². The Hall–Kier alpha value is -3.49. The fraction of sp³-hybridized carbons (Fsp3) is 0.0833. The molecule has 6 nitrogen and oxygen atoms in total. The van der Waals surface area contributed by atoms with Gasteiger partial charge in [-0.25, -0.2) is 4.68 Å². The highest BCUT2D eigenvalue weighted by atomic mass is 32.2. The number of aromatic nitrogens is 3. The highest BCUT2D eigenvalue weighted by Gasteiger charge is 2.28. The summed E-state index contributed by atoms with van der Waals surface area (Å²) in [4.78, 5) is 19.7. The van der Waals surface area contributed by atoms with Crippen molar-refractivity contribution in [3.63, 3.8) is 0 Å². The third kappa shape index (κ3) is 3.57. The minimum atomic E-state index is -0.162. The number of thiocarbonyl (C=S) groups is 1. The molecule has 2 aromatic heterocycles. The number of rotatable bonds is 4. The summed E-state index contributed by atoms with van der Waals surface area (Å²) in [6.45, 7) is 1.94. The van der Waals surface area contributed by atoms with E-state index in [4.69, 9.17) is 17.3 Å². The van der Waals surface area contributed by atoms with Crippen molar-refractivity contribution in [2.24, 2.45) is 0 Å². The number of hydrogen-bond acceptors (Lipinski definition) is 5. The topological polar surface area (TPSA) is 63.1 Å². The van der Waals surface area contributed by atoms with Crippen LogP contribution < -0.4 is 5.32 Å². The van der Waals surface area contributed by atoms with Crippen LogP contribution in [-0.2, 0) is 4.79 Å². The number of carbonyl (C=O) groups is 1. The van der Waals surface area contributed by atoms with Crippen molar-refractivity contribution in [3.05, 3.63) is 83.8 Å². The summed E-state index contributed by atoms with van der Waals surface area (Å²) in [5.41, 5.74) is 3.97. The Labute approximate surface area is 195 Å². The number of para-hydroxylation sites is 2. The number of fused-ring (bicyclic) bond motifs is 1. The van der Waals surface area contributed by atoms with Gasteiger partial charge in [-0.2, -0.15) is 5.10 Å². The van der Waals surface area contributed by atoms with Crippen LogP contribution in [0.25, 0.3) is 22.7 Å². The predicted octanol–water partition coefficient (Wildman–Crippen LogP) is 4.57. The van der Waals surface area contributed by atoms with E-state index in [1.54, 1.807) is 25.0 Å². The van der Waals surface area contributed by atoms with Crippen molar-refractivity contribution in [3.8, 4) is 5.69 Å². The average molecular weight is 458 g/mol. The predicted molar refractivity (Wildman–Crippen MR) is 131 cm³/mol. The van der Waals surface area contributed by atoms with Crippen LogP contribution in [0.4, 0.5) is 0 Å². The number of aryl methyl sites for hydroxylation is 1. The fourth-order valence-electron chi connectivity index (χ4n) is 3.56. The van der Waals surface area contributed by atoms with E-state index in [9.17, 15) is 4.79 Å². The molecule has 0 atom stereocenters. The number of carbonyl (C=O) groups excluding carboxylic acids is 1. The van der Waals surface area contributed by atoms with Crippen molar-refractivity contribution in [2.45, 2.75) is 16.8 Å². The monoisotopic (exact) mass is 457 g/mol. The zero-order valence-electron chi connectivity index (χ0n) is 17.4. The highest BCUT2D eigenvalue weighted by molar-refractivity contribution is 7.99. The molecule has 0 unspecified atom stereocenters. The fourth-order valence-corrected chi connectivity index (χ4v) is 4.92. The molecular formula is C24H19N5OS2. The molecule has 1 fully saturated rings. The quantitative estimate of drug-likeness (QED) is 0.358. The summed E-state index contributed by atoms with van der Waals surface area (Å²) in [7, 11) is 1.66. The molecule has 0 bridgehead atoms. The van der Waals surface area contributed by atoms with Gasteiger partial charge in [0.15, 0.2) is 5.11 Å². The smallest absolute Gasteiger partial charge is 0.276 e. The normalized spacial score (nSPS) is 15.1. The minimum Gasteiger partial charge on any atom is -0.328 e. The summed E-state index contributed by atoms with van der Waals surface area (Å²) >= 11 is 6.82. The first-order valence-corrected chi connectivity index (χ1v) is 11.2. The van der Waals surface area contributed by atoms with Crippen LogP contribution in [0.15, 0.2) is 82.5 Å². The molecule has 0 aliphatic carbocycles. The molecule has 32 heavy (non-hydrogen) atoms.